The Morgan fingerprint density at radius 1 is 1.17 bits per heavy atom. The molecular formula is C21H22N2O7. The van der Waals surface area contributed by atoms with Gasteiger partial charge in [0.25, 0.3) is 11.6 Å². The summed E-state index contributed by atoms with van der Waals surface area (Å²) in [4.78, 5) is 37.4. The molecule has 1 aliphatic rings. The van der Waals surface area contributed by atoms with Gasteiger partial charge in [0.15, 0.2) is 11.5 Å². The average molecular weight is 414 g/mol. The summed E-state index contributed by atoms with van der Waals surface area (Å²) in [5.41, 5.74) is 0.291. The fourth-order valence-corrected chi connectivity index (χ4v) is 3.42. The van der Waals surface area contributed by atoms with E-state index in [1.807, 2.05) is 30.3 Å². The standard InChI is InChI=1S/C21H22N2O7/c1-28-18-11-15(20(24)22-10-6-9-16(22)21(25)29-2)17(23(26)27)12-19(18)30-13-14-7-4-3-5-8-14/h3-5,7-8,11-12,16H,6,9-10,13H2,1-2H3/t16-/m0/s1. The van der Waals surface area contributed by atoms with E-state index in [-0.39, 0.29) is 23.7 Å². The zero-order chi connectivity index (χ0) is 21.7. The number of benzene rings is 2. The van der Waals surface area contributed by atoms with Gasteiger partial charge in [-0.15, -0.1) is 0 Å². The predicted octanol–water partition coefficient (Wildman–Crippen LogP) is 2.96. The molecule has 1 aliphatic heterocycles. The number of methoxy groups -OCH3 is 2. The summed E-state index contributed by atoms with van der Waals surface area (Å²) in [6.45, 7) is 0.489. The van der Waals surface area contributed by atoms with Crippen molar-refractivity contribution in [1.29, 1.82) is 0 Å². The van der Waals surface area contributed by atoms with Crippen LogP contribution in [0.1, 0.15) is 28.8 Å². The quantitative estimate of drug-likeness (QED) is 0.389. The molecule has 1 amide bonds. The molecule has 0 aromatic heterocycles. The Morgan fingerprint density at radius 3 is 2.53 bits per heavy atom. The maximum Gasteiger partial charge on any atom is 0.328 e. The summed E-state index contributed by atoms with van der Waals surface area (Å²) in [5.74, 6) is -0.829. The van der Waals surface area contributed by atoms with Crippen molar-refractivity contribution < 1.29 is 28.7 Å². The SMILES string of the molecule is COC(=O)[C@@H]1CCCN1C(=O)c1cc(OC)c(OCc2ccccc2)cc1[N+](=O)[O-]. The van der Waals surface area contributed by atoms with E-state index in [1.54, 1.807) is 0 Å². The lowest BCUT2D eigenvalue weighted by atomic mass is 10.1. The molecule has 2 aromatic rings. The van der Waals surface area contributed by atoms with Gasteiger partial charge in [0.1, 0.15) is 18.2 Å². The highest BCUT2D eigenvalue weighted by molar-refractivity contribution is 6.01. The molecule has 30 heavy (non-hydrogen) atoms. The van der Waals surface area contributed by atoms with Gasteiger partial charge in [0, 0.05) is 12.6 Å². The molecule has 158 valence electrons. The maximum absolute atomic E-state index is 13.1. The number of carbonyl (C=O) groups excluding carboxylic acids is 2. The summed E-state index contributed by atoms with van der Waals surface area (Å²) in [6.07, 6.45) is 1.05. The molecule has 0 unspecified atom stereocenters. The third-order valence-corrected chi connectivity index (χ3v) is 4.93. The molecule has 0 aliphatic carbocycles. The van der Waals surface area contributed by atoms with Crippen LogP contribution in [-0.4, -0.2) is 48.5 Å². The van der Waals surface area contributed by atoms with Gasteiger partial charge in [-0.3, -0.25) is 14.9 Å². The Hall–Kier alpha value is -3.62. The highest BCUT2D eigenvalue weighted by atomic mass is 16.6. The minimum Gasteiger partial charge on any atom is -0.493 e. The lowest BCUT2D eigenvalue weighted by molar-refractivity contribution is -0.385. The topological polar surface area (TPSA) is 108 Å². The van der Waals surface area contributed by atoms with Crippen molar-refractivity contribution in [2.45, 2.75) is 25.5 Å². The smallest absolute Gasteiger partial charge is 0.328 e. The first-order valence-electron chi connectivity index (χ1n) is 9.38. The number of nitrogens with zero attached hydrogens (tertiary/aromatic N) is 2. The molecule has 0 radical (unpaired) electrons. The molecule has 3 rings (SSSR count). The number of rotatable bonds is 7. The van der Waals surface area contributed by atoms with Crippen LogP contribution < -0.4 is 9.47 Å². The van der Waals surface area contributed by atoms with E-state index in [4.69, 9.17) is 14.2 Å². The minimum absolute atomic E-state index is 0.149. The van der Waals surface area contributed by atoms with E-state index in [0.717, 1.165) is 5.56 Å². The molecule has 1 heterocycles. The van der Waals surface area contributed by atoms with Crippen molar-refractivity contribution >= 4 is 17.6 Å². The monoisotopic (exact) mass is 414 g/mol. The number of hydrogen-bond donors (Lipinski definition) is 0. The molecule has 0 bridgehead atoms. The van der Waals surface area contributed by atoms with Gasteiger partial charge >= 0.3 is 5.97 Å². The number of esters is 1. The zero-order valence-electron chi connectivity index (χ0n) is 16.7. The number of nitro benzene ring substituents is 1. The largest absolute Gasteiger partial charge is 0.493 e. The van der Waals surface area contributed by atoms with Crippen LogP contribution in [0.2, 0.25) is 0 Å². The van der Waals surface area contributed by atoms with Crippen molar-refractivity contribution in [3.63, 3.8) is 0 Å². The highest BCUT2D eigenvalue weighted by Gasteiger charge is 2.38. The van der Waals surface area contributed by atoms with Crippen molar-refractivity contribution in [2.75, 3.05) is 20.8 Å². The molecular weight excluding hydrogens is 392 g/mol. The lowest BCUT2D eigenvalue weighted by Gasteiger charge is -2.23. The number of nitro groups is 1. The zero-order valence-corrected chi connectivity index (χ0v) is 16.7. The van der Waals surface area contributed by atoms with Crippen LogP contribution in [0.4, 0.5) is 5.69 Å². The van der Waals surface area contributed by atoms with Gasteiger partial charge in [-0.05, 0) is 18.4 Å². The van der Waals surface area contributed by atoms with E-state index in [1.165, 1.54) is 31.3 Å². The third kappa shape index (κ3) is 4.35. The summed E-state index contributed by atoms with van der Waals surface area (Å²) < 4.78 is 15.8. The molecule has 1 fully saturated rings. The van der Waals surface area contributed by atoms with Gasteiger partial charge in [0.05, 0.1) is 25.2 Å². The number of ether oxygens (including phenoxy) is 3. The molecule has 0 N–H and O–H groups in total. The molecule has 9 heteroatoms. The number of carbonyl (C=O) groups is 2. The first-order valence-corrected chi connectivity index (χ1v) is 9.38. The van der Waals surface area contributed by atoms with Gasteiger partial charge in [-0.25, -0.2) is 4.79 Å². The summed E-state index contributed by atoms with van der Waals surface area (Å²) in [5, 5.41) is 11.7. The number of hydrogen-bond acceptors (Lipinski definition) is 7. The second-order valence-corrected chi connectivity index (χ2v) is 6.73. The number of amides is 1. The lowest BCUT2D eigenvalue weighted by Crippen LogP contribution is -2.41. The van der Waals surface area contributed by atoms with Crippen molar-refractivity contribution in [3.8, 4) is 11.5 Å². The van der Waals surface area contributed by atoms with Crippen LogP contribution in [0, 0.1) is 10.1 Å². The van der Waals surface area contributed by atoms with Crippen LogP contribution >= 0.6 is 0 Å². The fraction of sp³-hybridized carbons (Fsp3) is 0.333. The Labute approximate surface area is 173 Å². The van der Waals surface area contributed by atoms with Gasteiger partial charge in [0.2, 0.25) is 0 Å². The Morgan fingerprint density at radius 2 is 1.90 bits per heavy atom. The fourth-order valence-electron chi connectivity index (χ4n) is 3.42. The molecule has 0 saturated carbocycles. The predicted molar refractivity (Wildman–Crippen MR) is 106 cm³/mol. The first kappa shape index (κ1) is 21.1. The van der Waals surface area contributed by atoms with E-state index in [9.17, 15) is 19.7 Å². The van der Waals surface area contributed by atoms with E-state index in [2.05, 4.69) is 0 Å². The van der Waals surface area contributed by atoms with Gasteiger partial charge < -0.3 is 19.1 Å². The average Bonchev–Trinajstić information content (AvgIpc) is 3.26. The normalized spacial score (nSPS) is 15.5. The van der Waals surface area contributed by atoms with Crippen molar-refractivity contribution in [3.05, 3.63) is 63.7 Å². The third-order valence-electron chi connectivity index (χ3n) is 4.93. The molecule has 1 saturated heterocycles. The second kappa shape index (κ2) is 9.25. The Kier molecular flexibility index (Phi) is 6.51. The van der Waals surface area contributed by atoms with Crippen LogP contribution in [0.5, 0.6) is 11.5 Å². The van der Waals surface area contributed by atoms with Crippen LogP contribution in [0.15, 0.2) is 42.5 Å². The Balaban J connectivity index is 1.93. The van der Waals surface area contributed by atoms with Crippen molar-refractivity contribution in [2.24, 2.45) is 0 Å². The molecule has 1 atom stereocenters. The van der Waals surface area contributed by atoms with Crippen LogP contribution in [0.3, 0.4) is 0 Å². The first-order chi connectivity index (χ1) is 14.5. The van der Waals surface area contributed by atoms with Crippen LogP contribution in [0.25, 0.3) is 0 Å². The van der Waals surface area contributed by atoms with E-state index >= 15 is 0 Å². The minimum atomic E-state index is -0.762. The molecule has 2 aromatic carbocycles. The highest BCUT2D eigenvalue weighted by Crippen LogP contribution is 2.36. The summed E-state index contributed by atoms with van der Waals surface area (Å²) in [7, 11) is 2.63. The van der Waals surface area contributed by atoms with E-state index < -0.39 is 28.5 Å². The van der Waals surface area contributed by atoms with Crippen LogP contribution in [-0.2, 0) is 16.1 Å². The maximum atomic E-state index is 13.1. The van der Waals surface area contributed by atoms with E-state index in [0.29, 0.717) is 19.4 Å². The van der Waals surface area contributed by atoms with Gasteiger partial charge in [-0.2, -0.15) is 0 Å². The van der Waals surface area contributed by atoms with Crippen molar-refractivity contribution in [1.82, 2.24) is 4.90 Å². The molecule has 0 spiro atoms. The van der Waals surface area contributed by atoms with Gasteiger partial charge in [-0.1, -0.05) is 30.3 Å². The summed E-state index contributed by atoms with van der Waals surface area (Å²) >= 11 is 0. The Bertz CT molecular complexity index is 946. The number of likely N-dealkylation sites (tertiary alicyclic amines) is 1. The summed E-state index contributed by atoms with van der Waals surface area (Å²) in [6, 6.07) is 11.0. The second-order valence-electron chi connectivity index (χ2n) is 6.73. The molecule has 9 nitrogen and oxygen atoms in total.